The molecule has 2 fully saturated rings. The lowest BCUT2D eigenvalue weighted by atomic mass is 9.95. The van der Waals surface area contributed by atoms with Crippen LogP contribution in [0.3, 0.4) is 0 Å². The minimum Gasteiger partial charge on any atom is -0.450 e. The zero-order chi connectivity index (χ0) is 23.2. The molecular formula is C24H25ClN4O4. The van der Waals surface area contributed by atoms with Crippen LogP contribution >= 0.6 is 11.6 Å². The van der Waals surface area contributed by atoms with Crippen LogP contribution in [0.5, 0.6) is 0 Å². The van der Waals surface area contributed by atoms with Gasteiger partial charge in [-0.05, 0) is 55.5 Å². The van der Waals surface area contributed by atoms with Gasteiger partial charge in [0.25, 0.3) is 0 Å². The Hall–Kier alpha value is -3.13. The molecule has 1 aliphatic heterocycles. The van der Waals surface area contributed by atoms with Crippen molar-refractivity contribution in [1.82, 2.24) is 14.5 Å². The largest absolute Gasteiger partial charge is 0.503 e. The van der Waals surface area contributed by atoms with Gasteiger partial charge in [0.2, 0.25) is 5.91 Å². The van der Waals surface area contributed by atoms with E-state index in [1.807, 2.05) is 29.3 Å². The summed E-state index contributed by atoms with van der Waals surface area (Å²) in [6.07, 6.45) is 9.80. The van der Waals surface area contributed by atoms with E-state index in [9.17, 15) is 4.79 Å². The first-order chi connectivity index (χ1) is 15.9. The minimum absolute atomic E-state index is 0.209. The van der Waals surface area contributed by atoms with Gasteiger partial charge in [0.1, 0.15) is 5.82 Å². The molecule has 0 unspecified atom stereocenters. The summed E-state index contributed by atoms with van der Waals surface area (Å²) >= 11 is 6.25. The van der Waals surface area contributed by atoms with Gasteiger partial charge >= 0.3 is 6.16 Å². The van der Waals surface area contributed by atoms with Crippen molar-refractivity contribution in [3.8, 4) is 0 Å². The van der Waals surface area contributed by atoms with E-state index in [0.29, 0.717) is 17.6 Å². The average Bonchev–Trinajstić information content (AvgIpc) is 3.48. The number of fused-ring (bicyclic) bond motifs is 3. The summed E-state index contributed by atoms with van der Waals surface area (Å²) in [6.45, 7) is 0.488. The van der Waals surface area contributed by atoms with Crippen molar-refractivity contribution in [2.75, 3.05) is 4.90 Å². The van der Waals surface area contributed by atoms with Crippen LogP contribution in [0.25, 0.3) is 11.0 Å². The molecule has 3 aromatic rings. The summed E-state index contributed by atoms with van der Waals surface area (Å²) in [6, 6.07) is 8.40. The SMILES string of the molecule is O=C(O)O.O=C1N(Cc2nc3cc(Cl)ccc3n2C2CCCCC2)c2cnccc2C12CC2. The monoisotopic (exact) mass is 468 g/mol. The number of pyridine rings is 1. The van der Waals surface area contributed by atoms with Crippen molar-refractivity contribution in [3.63, 3.8) is 0 Å². The molecule has 0 bridgehead atoms. The predicted octanol–water partition coefficient (Wildman–Crippen LogP) is 5.39. The maximum absolute atomic E-state index is 13.3. The summed E-state index contributed by atoms with van der Waals surface area (Å²) < 4.78 is 2.38. The standard InChI is InChI=1S/C23H23ClN4O.CH2O3/c24-15-6-7-19-18(12-15)26-21(28(19)16-4-2-1-3-5-16)14-27-20-13-25-11-8-17(20)23(9-10-23)22(27)29;2-1(3)4/h6-8,11-13,16H,1-5,9-10,14H2;(H2,2,3,4). The molecule has 2 aromatic heterocycles. The van der Waals surface area contributed by atoms with E-state index in [1.165, 1.54) is 19.3 Å². The number of imidazole rings is 1. The van der Waals surface area contributed by atoms with Crippen molar-refractivity contribution in [1.29, 1.82) is 0 Å². The van der Waals surface area contributed by atoms with Crippen molar-refractivity contribution < 1.29 is 19.8 Å². The van der Waals surface area contributed by atoms with Gasteiger partial charge in [-0.15, -0.1) is 0 Å². The Morgan fingerprint density at radius 2 is 1.88 bits per heavy atom. The number of anilines is 1. The Morgan fingerprint density at radius 3 is 2.58 bits per heavy atom. The summed E-state index contributed by atoms with van der Waals surface area (Å²) in [5.41, 5.74) is 3.83. The molecule has 6 rings (SSSR count). The fourth-order valence-electron chi connectivity index (χ4n) is 5.38. The number of carbonyl (C=O) groups is 2. The molecule has 3 heterocycles. The quantitative estimate of drug-likeness (QED) is 0.533. The lowest BCUT2D eigenvalue weighted by Crippen LogP contribution is -2.33. The number of halogens is 1. The summed E-state index contributed by atoms with van der Waals surface area (Å²) in [4.78, 5) is 33.1. The molecule has 1 aromatic carbocycles. The number of nitrogens with zero attached hydrogens (tertiary/aromatic N) is 4. The maximum atomic E-state index is 13.3. The number of rotatable bonds is 3. The molecule has 0 atom stereocenters. The molecule has 8 nitrogen and oxygen atoms in total. The lowest BCUT2D eigenvalue weighted by Gasteiger charge is -2.27. The van der Waals surface area contributed by atoms with E-state index in [-0.39, 0.29) is 11.3 Å². The summed E-state index contributed by atoms with van der Waals surface area (Å²) in [5, 5.41) is 14.6. The number of carbonyl (C=O) groups excluding carboxylic acids is 1. The topological polar surface area (TPSA) is 109 Å². The van der Waals surface area contributed by atoms with Gasteiger partial charge in [0.15, 0.2) is 0 Å². The van der Waals surface area contributed by atoms with Crippen LogP contribution < -0.4 is 4.90 Å². The summed E-state index contributed by atoms with van der Waals surface area (Å²) in [7, 11) is 0. The average molecular weight is 469 g/mol. The molecule has 2 N–H and O–H groups in total. The second-order valence-electron chi connectivity index (χ2n) is 8.97. The predicted molar refractivity (Wildman–Crippen MR) is 124 cm³/mol. The molecule has 1 spiro atoms. The third-order valence-electron chi connectivity index (χ3n) is 6.97. The minimum atomic E-state index is -1.83. The third kappa shape index (κ3) is 3.82. The first-order valence-electron chi connectivity index (χ1n) is 11.3. The van der Waals surface area contributed by atoms with Gasteiger partial charge in [-0.3, -0.25) is 9.78 Å². The molecular weight excluding hydrogens is 444 g/mol. The van der Waals surface area contributed by atoms with Crippen LogP contribution in [0.2, 0.25) is 5.02 Å². The molecule has 2 aliphatic carbocycles. The van der Waals surface area contributed by atoms with Crippen LogP contribution in [0, 0.1) is 0 Å². The molecule has 3 aliphatic rings. The third-order valence-corrected chi connectivity index (χ3v) is 7.21. The van der Waals surface area contributed by atoms with Crippen molar-refractivity contribution >= 4 is 40.4 Å². The zero-order valence-electron chi connectivity index (χ0n) is 18.1. The zero-order valence-corrected chi connectivity index (χ0v) is 18.8. The fourth-order valence-corrected chi connectivity index (χ4v) is 5.54. The lowest BCUT2D eigenvalue weighted by molar-refractivity contribution is -0.120. The van der Waals surface area contributed by atoms with E-state index >= 15 is 0 Å². The maximum Gasteiger partial charge on any atom is 0.503 e. The van der Waals surface area contributed by atoms with Gasteiger partial charge in [-0.1, -0.05) is 30.9 Å². The van der Waals surface area contributed by atoms with E-state index in [1.54, 1.807) is 6.20 Å². The molecule has 0 saturated heterocycles. The first-order valence-corrected chi connectivity index (χ1v) is 11.6. The fraction of sp³-hybridized carbons (Fsp3) is 0.417. The summed E-state index contributed by atoms with van der Waals surface area (Å²) in [5.74, 6) is 1.16. The number of hydrogen-bond acceptors (Lipinski definition) is 4. The van der Waals surface area contributed by atoms with Crippen LogP contribution in [-0.4, -0.2) is 36.8 Å². The Balaban J connectivity index is 0.000000531. The highest BCUT2D eigenvalue weighted by atomic mass is 35.5. The second-order valence-corrected chi connectivity index (χ2v) is 9.41. The van der Waals surface area contributed by atoms with Gasteiger partial charge in [-0.2, -0.15) is 0 Å². The Bertz CT molecular complexity index is 1230. The molecule has 9 heteroatoms. The molecule has 172 valence electrons. The number of carboxylic acid groups (broad SMARTS) is 2. The van der Waals surface area contributed by atoms with Gasteiger partial charge in [0, 0.05) is 17.3 Å². The highest BCUT2D eigenvalue weighted by molar-refractivity contribution is 6.31. The van der Waals surface area contributed by atoms with Gasteiger partial charge < -0.3 is 19.7 Å². The van der Waals surface area contributed by atoms with Crippen LogP contribution in [0.1, 0.15) is 62.4 Å². The van der Waals surface area contributed by atoms with E-state index in [4.69, 9.17) is 31.6 Å². The number of benzene rings is 1. The molecule has 1 amide bonds. The van der Waals surface area contributed by atoms with E-state index < -0.39 is 6.16 Å². The number of aromatic nitrogens is 3. The Morgan fingerprint density at radius 1 is 1.15 bits per heavy atom. The van der Waals surface area contributed by atoms with Crippen molar-refractivity contribution in [2.45, 2.75) is 62.9 Å². The first kappa shape index (κ1) is 21.7. The Labute approximate surface area is 195 Å². The van der Waals surface area contributed by atoms with Crippen molar-refractivity contribution in [3.05, 3.63) is 53.1 Å². The normalized spacial score (nSPS) is 18.8. The molecule has 0 radical (unpaired) electrons. The van der Waals surface area contributed by atoms with E-state index in [0.717, 1.165) is 53.8 Å². The van der Waals surface area contributed by atoms with Crippen molar-refractivity contribution in [2.24, 2.45) is 0 Å². The van der Waals surface area contributed by atoms with Crippen LogP contribution in [0.4, 0.5) is 10.5 Å². The van der Waals surface area contributed by atoms with Crippen LogP contribution in [0.15, 0.2) is 36.7 Å². The molecule has 33 heavy (non-hydrogen) atoms. The second kappa shape index (κ2) is 8.33. The Kier molecular flexibility index (Phi) is 5.48. The van der Waals surface area contributed by atoms with Crippen LogP contribution in [-0.2, 0) is 16.8 Å². The molecule has 2 saturated carbocycles. The van der Waals surface area contributed by atoms with Gasteiger partial charge in [-0.25, -0.2) is 9.78 Å². The smallest absolute Gasteiger partial charge is 0.450 e. The number of amides is 1. The highest BCUT2D eigenvalue weighted by Gasteiger charge is 2.59. The highest BCUT2D eigenvalue weighted by Crippen LogP contribution is 2.57. The number of hydrogen-bond donors (Lipinski definition) is 2. The van der Waals surface area contributed by atoms with E-state index in [2.05, 4.69) is 15.6 Å². The van der Waals surface area contributed by atoms with Gasteiger partial charge in [0.05, 0.1) is 34.9 Å².